The van der Waals surface area contributed by atoms with E-state index in [1.807, 2.05) is 12.1 Å². The van der Waals surface area contributed by atoms with Gasteiger partial charge in [0, 0.05) is 26.8 Å². The number of fused-ring (bicyclic) bond motifs is 2. The van der Waals surface area contributed by atoms with E-state index >= 15 is 0 Å². The van der Waals surface area contributed by atoms with Gasteiger partial charge in [-0.25, -0.2) is 9.19 Å². The van der Waals surface area contributed by atoms with Crippen molar-refractivity contribution in [3.63, 3.8) is 0 Å². The number of halogens is 1. The lowest BCUT2D eigenvalue weighted by Gasteiger charge is -2.28. The Balaban J connectivity index is 1.17. The van der Waals surface area contributed by atoms with Gasteiger partial charge < -0.3 is 24.3 Å². The number of nitrogens with zero attached hydrogens (tertiary/aromatic N) is 2. The van der Waals surface area contributed by atoms with Crippen LogP contribution in [0.3, 0.4) is 0 Å². The number of aromatic nitrogens is 3. The molecule has 11 heteroatoms. The van der Waals surface area contributed by atoms with Crippen molar-refractivity contribution in [3.8, 4) is 17.3 Å². The Morgan fingerprint density at radius 1 is 1.11 bits per heavy atom. The number of benzene rings is 1. The highest BCUT2D eigenvalue weighted by Gasteiger charge is 2.48. The summed E-state index contributed by atoms with van der Waals surface area (Å²) in [7, 11) is -2.47. The third-order valence-corrected chi connectivity index (χ3v) is 9.65. The molecule has 0 bridgehead atoms. The van der Waals surface area contributed by atoms with Crippen molar-refractivity contribution in [2.24, 2.45) is 0 Å². The molecule has 9 nitrogen and oxygen atoms in total. The largest absolute Gasteiger partial charge is 0.456 e. The predicted octanol–water partition coefficient (Wildman–Crippen LogP) is 3.89. The minimum atomic E-state index is -2.47. The number of aliphatic hydroxyl groups is 1. The quantitative estimate of drug-likeness (QED) is 0.454. The number of H-pyrrole nitrogens is 1. The molecule has 5 atom stereocenters. The maximum Gasteiger partial charge on any atom is 0.296 e. The second-order valence-corrected chi connectivity index (χ2v) is 12.9. The van der Waals surface area contributed by atoms with E-state index in [1.54, 1.807) is 12.3 Å². The first-order valence-corrected chi connectivity index (χ1v) is 14.6. The molecule has 3 N–H and O–H groups in total. The van der Waals surface area contributed by atoms with Crippen LogP contribution in [0.25, 0.3) is 22.4 Å². The number of rotatable bonds is 5. The second-order valence-electron chi connectivity index (χ2n) is 10.1. The highest BCUT2D eigenvalue weighted by atomic mass is 35.5. The summed E-state index contributed by atoms with van der Waals surface area (Å²) in [5.74, 6) is 0.415. The summed E-state index contributed by atoms with van der Waals surface area (Å²) >= 11 is 6.59. The standard InChI is InChI=1S/C25H29ClN4O5S/c1-36(27,32)16-8-6-14(7-9-16)13-2-4-15(5-3-13)21-17(26)10-18-24(29-21)30-25(28-18)35-20-12-34-22-19(31)11-33-23(20)22/h2-5,10,14,16,19-20,22-23,27,31H,6-9,11-12H2,1H3,(H,28,29,30)/t14?,16?,19-,20-,22-,23-,36?/m1/s1. The van der Waals surface area contributed by atoms with Gasteiger partial charge in [-0.2, -0.15) is 4.98 Å². The number of pyridine rings is 1. The molecule has 0 spiro atoms. The molecule has 1 aliphatic carbocycles. The molecule has 36 heavy (non-hydrogen) atoms. The molecule has 0 radical (unpaired) electrons. The maximum atomic E-state index is 12.1. The van der Waals surface area contributed by atoms with Crippen molar-refractivity contribution >= 4 is 32.5 Å². The average molecular weight is 533 g/mol. The molecule has 3 aliphatic rings. The Morgan fingerprint density at radius 3 is 2.56 bits per heavy atom. The number of ether oxygens (including phenoxy) is 3. The van der Waals surface area contributed by atoms with Gasteiger partial charge in [0.2, 0.25) is 0 Å². The first-order chi connectivity index (χ1) is 17.3. The zero-order valence-electron chi connectivity index (χ0n) is 19.9. The van der Waals surface area contributed by atoms with Gasteiger partial charge in [-0.3, -0.25) is 4.78 Å². The van der Waals surface area contributed by atoms with E-state index < -0.39 is 15.8 Å². The summed E-state index contributed by atoms with van der Waals surface area (Å²) in [6.45, 7) is 0.555. The zero-order valence-corrected chi connectivity index (χ0v) is 21.4. The van der Waals surface area contributed by atoms with E-state index in [-0.39, 0.29) is 30.2 Å². The topological polar surface area (TPSA) is 130 Å². The molecule has 0 amide bonds. The van der Waals surface area contributed by atoms with Crippen LogP contribution in [0.5, 0.6) is 6.01 Å². The summed E-state index contributed by atoms with van der Waals surface area (Å²) in [6, 6.07) is 10.4. The molecule has 2 aliphatic heterocycles. The maximum absolute atomic E-state index is 12.1. The smallest absolute Gasteiger partial charge is 0.296 e. The Hall–Kier alpha value is -2.24. The molecular formula is C25H29ClN4O5S. The number of nitrogens with one attached hydrogen (secondary N) is 2. The fourth-order valence-corrected chi connectivity index (χ4v) is 7.03. The highest BCUT2D eigenvalue weighted by molar-refractivity contribution is 7.92. The van der Waals surface area contributed by atoms with Crippen molar-refractivity contribution in [2.75, 3.05) is 19.5 Å². The van der Waals surface area contributed by atoms with Gasteiger partial charge in [0.05, 0.1) is 29.4 Å². The molecule has 3 fully saturated rings. The molecule has 1 aromatic carbocycles. The van der Waals surface area contributed by atoms with Gasteiger partial charge in [0.25, 0.3) is 6.01 Å². The van der Waals surface area contributed by atoms with Crippen LogP contribution in [0, 0.1) is 4.78 Å². The monoisotopic (exact) mass is 532 g/mol. The average Bonchev–Trinajstić information content (AvgIpc) is 3.55. The Bertz CT molecular complexity index is 1370. The lowest BCUT2D eigenvalue weighted by molar-refractivity contribution is 0.00706. The van der Waals surface area contributed by atoms with Crippen molar-refractivity contribution in [1.82, 2.24) is 15.0 Å². The van der Waals surface area contributed by atoms with Crippen LogP contribution in [0.15, 0.2) is 30.3 Å². The molecule has 3 aromatic rings. The van der Waals surface area contributed by atoms with Crippen LogP contribution < -0.4 is 4.74 Å². The van der Waals surface area contributed by atoms with Crippen LogP contribution in [0.1, 0.15) is 37.2 Å². The molecular weight excluding hydrogens is 504 g/mol. The predicted molar refractivity (Wildman–Crippen MR) is 136 cm³/mol. The van der Waals surface area contributed by atoms with Crippen LogP contribution in [0.4, 0.5) is 0 Å². The van der Waals surface area contributed by atoms with Crippen molar-refractivity contribution in [1.29, 1.82) is 4.78 Å². The molecule has 4 heterocycles. The van der Waals surface area contributed by atoms with Gasteiger partial charge >= 0.3 is 0 Å². The third-order valence-electron chi connectivity index (χ3n) is 7.62. The minimum absolute atomic E-state index is 0.00499. The van der Waals surface area contributed by atoms with Gasteiger partial charge in [0.1, 0.15) is 18.3 Å². The fraction of sp³-hybridized carbons (Fsp3) is 0.520. The van der Waals surface area contributed by atoms with E-state index in [2.05, 4.69) is 27.1 Å². The normalized spacial score (nSPS) is 31.9. The van der Waals surface area contributed by atoms with Crippen LogP contribution in [-0.4, -0.2) is 73.4 Å². The van der Waals surface area contributed by atoms with Crippen LogP contribution in [-0.2, 0) is 19.2 Å². The highest BCUT2D eigenvalue weighted by Crippen LogP contribution is 2.37. The van der Waals surface area contributed by atoms with Crippen LogP contribution >= 0.6 is 11.6 Å². The van der Waals surface area contributed by atoms with E-state index in [1.165, 1.54) is 5.56 Å². The van der Waals surface area contributed by atoms with Gasteiger partial charge in [0.15, 0.2) is 11.8 Å². The second kappa shape index (κ2) is 9.25. The summed E-state index contributed by atoms with van der Waals surface area (Å²) in [5.41, 5.74) is 3.94. The van der Waals surface area contributed by atoms with Crippen molar-refractivity contribution < 1.29 is 23.5 Å². The lowest BCUT2D eigenvalue weighted by Crippen LogP contribution is -2.34. The minimum Gasteiger partial charge on any atom is -0.456 e. The molecule has 6 rings (SSSR count). The van der Waals surface area contributed by atoms with Crippen molar-refractivity contribution in [2.45, 2.75) is 61.3 Å². The van der Waals surface area contributed by atoms with Gasteiger partial charge in [-0.05, 0) is 43.2 Å². The summed E-state index contributed by atoms with van der Waals surface area (Å²) < 4.78 is 37.1. The first kappa shape index (κ1) is 24.1. The molecule has 2 aromatic heterocycles. The summed E-state index contributed by atoms with van der Waals surface area (Å²) in [5, 5.41) is 10.4. The SMILES string of the molecule is CS(=N)(=O)C1CCC(c2ccc(-c3nc4nc(O[C@@H]5CO[C@H]6[C@@H]5OC[C@H]6O)[nH]c4cc3Cl)cc2)CC1. The van der Waals surface area contributed by atoms with E-state index in [4.69, 9.17) is 30.6 Å². The molecule has 1 unspecified atom stereocenters. The van der Waals surface area contributed by atoms with Gasteiger partial charge in [-0.1, -0.05) is 35.9 Å². The summed E-state index contributed by atoms with van der Waals surface area (Å²) in [6.07, 6.45) is 3.42. The molecule has 192 valence electrons. The number of hydrogen-bond acceptors (Lipinski definition) is 8. The van der Waals surface area contributed by atoms with E-state index in [0.29, 0.717) is 40.4 Å². The molecule has 2 saturated heterocycles. The number of hydrogen-bond donors (Lipinski definition) is 3. The van der Waals surface area contributed by atoms with E-state index in [9.17, 15) is 9.32 Å². The number of aromatic amines is 1. The molecule has 1 saturated carbocycles. The van der Waals surface area contributed by atoms with Crippen molar-refractivity contribution in [3.05, 3.63) is 40.9 Å². The number of aliphatic hydroxyl groups excluding tert-OH is 1. The Labute approximate surface area is 214 Å². The third kappa shape index (κ3) is 4.50. The van der Waals surface area contributed by atoms with Gasteiger partial charge in [-0.15, -0.1) is 0 Å². The fourth-order valence-electron chi connectivity index (χ4n) is 5.60. The zero-order chi connectivity index (χ0) is 25.0. The Kier molecular flexibility index (Phi) is 6.20. The summed E-state index contributed by atoms with van der Waals surface area (Å²) in [4.78, 5) is 12.3. The number of imidazole rings is 1. The lowest BCUT2D eigenvalue weighted by atomic mass is 9.83. The first-order valence-electron chi connectivity index (χ1n) is 12.2. The van der Waals surface area contributed by atoms with E-state index in [0.717, 1.165) is 31.2 Å². The Morgan fingerprint density at radius 2 is 1.83 bits per heavy atom. The van der Waals surface area contributed by atoms with Crippen LogP contribution in [0.2, 0.25) is 5.02 Å².